The van der Waals surface area contributed by atoms with Crippen LogP contribution in [0.4, 0.5) is 5.82 Å². The Balaban J connectivity index is 2.23. The molecule has 2 aromatic heterocycles. The van der Waals surface area contributed by atoms with Crippen molar-refractivity contribution in [2.24, 2.45) is 0 Å². The quantitative estimate of drug-likeness (QED) is 0.774. The number of rotatable bonds is 1. The molecule has 1 N–H and O–H groups in total. The first kappa shape index (κ1) is 11.4. The number of halogens is 1. The van der Waals surface area contributed by atoms with Crippen LogP contribution in [0, 0.1) is 0 Å². The van der Waals surface area contributed by atoms with Crippen LogP contribution in [0.1, 0.15) is 0 Å². The van der Waals surface area contributed by atoms with Gasteiger partial charge in [-0.05, 0) is 0 Å². The molecule has 3 rings (SSSR count). The number of ether oxygens (including phenoxy) is 1. The van der Waals surface area contributed by atoms with Gasteiger partial charge in [0.15, 0.2) is 0 Å². The van der Waals surface area contributed by atoms with Gasteiger partial charge in [0.1, 0.15) is 16.4 Å². The minimum atomic E-state index is -0.203. The van der Waals surface area contributed by atoms with Crippen molar-refractivity contribution in [1.82, 2.24) is 15.0 Å². The van der Waals surface area contributed by atoms with Gasteiger partial charge in [-0.2, -0.15) is 0 Å². The Labute approximate surface area is 108 Å². The molecule has 0 radical (unpaired) electrons. The fraction of sp³-hybridized carbons (Fsp3) is 0.364. The molecule has 1 aliphatic heterocycles. The van der Waals surface area contributed by atoms with E-state index >= 15 is 0 Å². The van der Waals surface area contributed by atoms with Crippen molar-refractivity contribution in [2.75, 3.05) is 31.2 Å². The SMILES string of the molecule is O=c1[nH]cnc2cc(Cl)nc(N3CCOCC3)c12. The molecule has 0 amide bonds. The molecular formula is C11H11ClN4O2. The fourth-order valence-electron chi connectivity index (χ4n) is 2.05. The van der Waals surface area contributed by atoms with Gasteiger partial charge >= 0.3 is 0 Å². The lowest BCUT2D eigenvalue weighted by molar-refractivity contribution is 0.122. The number of pyridine rings is 1. The topological polar surface area (TPSA) is 71.1 Å². The van der Waals surface area contributed by atoms with E-state index < -0.39 is 0 Å². The van der Waals surface area contributed by atoms with Crippen LogP contribution >= 0.6 is 11.6 Å². The van der Waals surface area contributed by atoms with Crippen molar-refractivity contribution in [3.63, 3.8) is 0 Å². The molecule has 1 saturated heterocycles. The van der Waals surface area contributed by atoms with Gasteiger partial charge in [0.05, 0.1) is 25.1 Å². The third-order valence-corrected chi connectivity index (χ3v) is 3.08. The standard InChI is InChI=1S/C11H11ClN4O2/c12-8-5-7-9(11(17)14-6-13-7)10(15-8)16-1-3-18-4-2-16/h5-6H,1-4H2,(H,13,14,17). The number of H-pyrrole nitrogens is 1. The Hall–Kier alpha value is -1.66. The van der Waals surface area contributed by atoms with Gasteiger partial charge in [-0.1, -0.05) is 11.6 Å². The van der Waals surface area contributed by atoms with Crippen LogP contribution in [-0.4, -0.2) is 41.3 Å². The smallest absolute Gasteiger partial charge is 0.262 e. The molecule has 1 aliphatic rings. The third-order valence-electron chi connectivity index (χ3n) is 2.89. The largest absolute Gasteiger partial charge is 0.378 e. The second-order valence-corrected chi connectivity index (χ2v) is 4.38. The average molecular weight is 267 g/mol. The zero-order valence-corrected chi connectivity index (χ0v) is 10.3. The molecule has 18 heavy (non-hydrogen) atoms. The van der Waals surface area contributed by atoms with E-state index in [0.29, 0.717) is 48.2 Å². The summed E-state index contributed by atoms with van der Waals surface area (Å²) in [6.07, 6.45) is 1.37. The van der Waals surface area contributed by atoms with Crippen LogP contribution in [0.25, 0.3) is 10.9 Å². The summed E-state index contributed by atoms with van der Waals surface area (Å²) in [6, 6.07) is 1.59. The lowest BCUT2D eigenvalue weighted by Crippen LogP contribution is -2.37. The van der Waals surface area contributed by atoms with Crippen LogP contribution in [0.2, 0.25) is 5.15 Å². The molecule has 0 spiro atoms. The zero-order valence-electron chi connectivity index (χ0n) is 9.52. The highest BCUT2D eigenvalue weighted by Gasteiger charge is 2.18. The summed E-state index contributed by atoms with van der Waals surface area (Å²) < 4.78 is 5.29. The van der Waals surface area contributed by atoms with Crippen LogP contribution < -0.4 is 10.5 Å². The maximum Gasteiger partial charge on any atom is 0.262 e. The Morgan fingerprint density at radius 2 is 2.17 bits per heavy atom. The van der Waals surface area contributed by atoms with Crippen LogP contribution in [0.5, 0.6) is 0 Å². The van der Waals surface area contributed by atoms with Gasteiger partial charge in [0.2, 0.25) is 0 Å². The Bertz CT molecular complexity index is 636. The number of nitrogens with one attached hydrogen (secondary N) is 1. The predicted octanol–water partition coefficient (Wildman–Crippen LogP) is 0.808. The molecule has 7 heteroatoms. The van der Waals surface area contributed by atoms with Gasteiger partial charge in [-0.3, -0.25) is 4.79 Å². The summed E-state index contributed by atoms with van der Waals surface area (Å²) in [7, 11) is 0. The van der Waals surface area contributed by atoms with Crippen molar-refractivity contribution < 1.29 is 4.74 Å². The summed E-state index contributed by atoms with van der Waals surface area (Å²) in [5.74, 6) is 0.579. The fourth-order valence-corrected chi connectivity index (χ4v) is 2.23. The van der Waals surface area contributed by atoms with E-state index in [0.717, 1.165) is 0 Å². The van der Waals surface area contributed by atoms with E-state index in [1.807, 2.05) is 4.90 Å². The van der Waals surface area contributed by atoms with E-state index in [1.54, 1.807) is 6.07 Å². The number of anilines is 1. The molecule has 0 atom stereocenters. The average Bonchev–Trinajstić information content (AvgIpc) is 2.39. The Morgan fingerprint density at radius 1 is 1.39 bits per heavy atom. The monoisotopic (exact) mass is 266 g/mol. The lowest BCUT2D eigenvalue weighted by Gasteiger charge is -2.28. The summed E-state index contributed by atoms with van der Waals surface area (Å²) >= 11 is 5.97. The van der Waals surface area contributed by atoms with Gasteiger partial charge in [0, 0.05) is 19.2 Å². The van der Waals surface area contributed by atoms with E-state index in [1.165, 1.54) is 6.33 Å². The normalized spacial score (nSPS) is 16.2. The first-order valence-electron chi connectivity index (χ1n) is 5.62. The van der Waals surface area contributed by atoms with Gasteiger partial charge in [-0.15, -0.1) is 0 Å². The molecule has 0 bridgehead atoms. The molecule has 0 aliphatic carbocycles. The summed E-state index contributed by atoms with van der Waals surface area (Å²) in [5.41, 5.74) is 0.353. The number of aromatic nitrogens is 3. The van der Waals surface area contributed by atoms with Crippen LogP contribution in [-0.2, 0) is 4.74 Å². The lowest BCUT2D eigenvalue weighted by atomic mass is 10.2. The van der Waals surface area contributed by atoms with Gasteiger partial charge < -0.3 is 14.6 Å². The molecule has 6 nitrogen and oxygen atoms in total. The second-order valence-electron chi connectivity index (χ2n) is 3.99. The highest BCUT2D eigenvalue weighted by atomic mass is 35.5. The van der Waals surface area contributed by atoms with Crippen LogP contribution in [0.15, 0.2) is 17.2 Å². The highest BCUT2D eigenvalue weighted by Crippen LogP contribution is 2.24. The van der Waals surface area contributed by atoms with E-state index in [2.05, 4.69) is 15.0 Å². The van der Waals surface area contributed by atoms with Gasteiger partial charge in [-0.25, -0.2) is 9.97 Å². The van der Waals surface area contributed by atoms with Crippen molar-refractivity contribution in [1.29, 1.82) is 0 Å². The van der Waals surface area contributed by atoms with E-state index in [4.69, 9.17) is 16.3 Å². The summed E-state index contributed by atoms with van der Waals surface area (Å²) in [6.45, 7) is 2.62. The zero-order chi connectivity index (χ0) is 12.5. The maximum atomic E-state index is 11.9. The molecule has 0 saturated carbocycles. The van der Waals surface area contributed by atoms with E-state index in [-0.39, 0.29) is 5.56 Å². The highest BCUT2D eigenvalue weighted by molar-refractivity contribution is 6.30. The number of nitrogens with zero attached hydrogens (tertiary/aromatic N) is 3. The number of aromatic amines is 1. The number of morpholine rings is 1. The van der Waals surface area contributed by atoms with E-state index in [9.17, 15) is 4.79 Å². The number of fused-ring (bicyclic) bond motifs is 1. The van der Waals surface area contributed by atoms with Gasteiger partial charge in [0.25, 0.3) is 5.56 Å². The minimum Gasteiger partial charge on any atom is -0.378 e. The summed E-state index contributed by atoms with van der Waals surface area (Å²) in [5, 5.41) is 0.811. The molecule has 2 aromatic rings. The van der Waals surface area contributed by atoms with Crippen molar-refractivity contribution >= 4 is 28.3 Å². The summed E-state index contributed by atoms with van der Waals surface area (Å²) in [4.78, 5) is 24.9. The third kappa shape index (κ3) is 1.93. The minimum absolute atomic E-state index is 0.203. The second kappa shape index (κ2) is 4.55. The maximum absolute atomic E-state index is 11.9. The molecular weight excluding hydrogens is 256 g/mol. The molecule has 0 aromatic carbocycles. The Kier molecular flexibility index (Phi) is 2.89. The van der Waals surface area contributed by atoms with Crippen molar-refractivity contribution in [3.05, 3.63) is 27.9 Å². The predicted molar refractivity (Wildman–Crippen MR) is 68.2 cm³/mol. The molecule has 94 valence electrons. The molecule has 3 heterocycles. The number of hydrogen-bond donors (Lipinski definition) is 1. The number of hydrogen-bond acceptors (Lipinski definition) is 5. The molecule has 1 fully saturated rings. The van der Waals surface area contributed by atoms with Crippen molar-refractivity contribution in [3.8, 4) is 0 Å². The molecule has 0 unspecified atom stereocenters. The van der Waals surface area contributed by atoms with Crippen LogP contribution in [0.3, 0.4) is 0 Å². The Morgan fingerprint density at radius 3 is 2.94 bits per heavy atom. The first-order chi connectivity index (χ1) is 8.75. The van der Waals surface area contributed by atoms with Crippen molar-refractivity contribution in [2.45, 2.75) is 0 Å². The first-order valence-corrected chi connectivity index (χ1v) is 6.00.